The minimum absolute atomic E-state index is 0. The van der Waals surface area contributed by atoms with Gasteiger partial charge in [-0.3, -0.25) is 5.10 Å². The molecular weight excluding hydrogens is 359 g/mol. The van der Waals surface area contributed by atoms with Crippen LogP contribution in [0.1, 0.15) is 67.2 Å². The zero-order valence-electron chi connectivity index (χ0n) is 12.9. The van der Waals surface area contributed by atoms with Gasteiger partial charge < -0.3 is 5.32 Å². The maximum atomic E-state index is 3.84. The van der Waals surface area contributed by atoms with Crippen LogP contribution in [0.4, 0.5) is 0 Å². The molecule has 0 amide bonds. The van der Waals surface area contributed by atoms with Gasteiger partial charge in [-0.15, -0.1) is 0 Å². The summed E-state index contributed by atoms with van der Waals surface area (Å²) in [5, 5.41) is 9.99. The Hall–Kier alpha value is -0.506. The molecule has 2 N–H and O–H groups in total. The van der Waals surface area contributed by atoms with E-state index in [1.807, 2.05) is 12.1 Å². The fourth-order valence-corrected chi connectivity index (χ4v) is 1.54. The Morgan fingerprint density at radius 3 is 1.87 bits per heavy atom. The molecular formula is C19H37N3Y. The van der Waals surface area contributed by atoms with E-state index in [0.29, 0.717) is 12.0 Å². The Kier molecular flexibility index (Phi) is 23.6. The number of rotatable bonds is 4. The van der Waals surface area contributed by atoms with Crippen molar-refractivity contribution in [3.8, 4) is 0 Å². The molecule has 1 heterocycles. The van der Waals surface area contributed by atoms with E-state index in [1.54, 1.807) is 6.20 Å². The van der Waals surface area contributed by atoms with Crippen LogP contribution in [0, 0.1) is 0 Å². The van der Waals surface area contributed by atoms with Crippen molar-refractivity contribution < 1.29 is 32.7 Å². The van der Waals surface area contributed by atoms with Crippen LogP contribution in [-0.4, -0.2) is 16.2 Å². The number of aromatic nitrogens is 2. The summed E-state index contributed by atoms with van der Waals surface area (Å²) in [6.45, 7) is 9.52. The van der Waals surface area contributed by atoms with Gasteiger partial charge in [0.05, 0.1) is 0 Å². The number of hydrogen-bond acceptors (Lipinski definition) is 2. The molecule has 2 rings (SSSR count). The Labute approximate surface area is 169 Å². The van der Waals surface area contributed by atoms with Crippen LogP contribution in [0.25, 0.3) is 0 Å². The summed E-state index contributed by atoms with van der Waals surface area (Å²) in [6, 6.07) is 13.0. The fraction of sp³-hybridized carbons (Fsp3) is 0.526. The van der Waals surface area contributed by atoms with E-state index in [9.17, 15) is 0 Å². The molecule has 1 aromatic carbocycles. The van der Waals surface area contributed by atoms with Crippen LogP contribution in [0.15, 0.2) is 42.6 Å². The predicted molar refractivity (Wildman–Crippen MR) is 101 cm³/mol. The Morgan fingerprint density at radius 2 is 1.52 bits per heavy atom. The molecule has 0 aliphatic carbocycles. The van der Waals surface area contributed by atoms with E-state index in [-0.39, 0.29) is 55.0 Å². The van der Waals surface area contributed by atoms with Gasteiger partial charge in [0.15, 0.2) is 0 Å². The molecule has 0 unspecified atom stereocenters. The second-order valence-electron chi connectivity index (χ2n) is 5.18. The minimum atomic E-state index is 0. The van der Waals surface area contributed by atoms with Crippen LogP contribution in [0.5, 0.6) is 0 Å². The molecule has 1 aromatic heterocycles. The van der Waals surface area contributed by atoms with E-state index in [2.05, 4.69) is 67.5 Å². The Bertz CT molecular complexity index is 425. The molecule has 0 aliphatic heterocycles. The summed E-state index contributed by atoms with van der Waals surface area (Å²) in [5.74, 6) is 0.659. The van der Waals surface area contributed by atoms with Crippen molar-refractivity contribution in [1.82, 2.24) is 15.5 Å². The fourth-order valence-electron chi connectivity index (χ4n) is 1.54. The average Bonchev–Trinajstić information content (AvgIpc) is 2.91. The molecule has 131 valence electrons. The van der Waals surface area contributed by atoms with E-state index in [4.69, 9.17) is 0 Å². The summed E-state index contributed by atoms with van der Waals surface area (Å²) in [6.07, 6.45) is 1.76. The van der Waals surface area contributed by atoms with Crippen LogP contribution in [-0.2, 0) is 39.3 Å². The van der Waals surface area contributed by atoms with Crippen molar-refractivity contribution in [2.75, 3.05) is 0 Å². The first-order valence-electron chi connectivity index (χ1n) is 6.86. The monoisotopic (exact) mass is 396 g/mol. The smallest absolute Gasteiger partial charge is 0.0490 e. The van der Waals surface area contributed by atoms with Crippen molar-refractivity contribution in [2.45, 2.75) is 68.5 Å². The number of benzene rings is 1. The van der Waals surface area contributed by atoms with E-state index >= 15 is 0 Å². The van der Waals surface area contributed by atoms with Crippen molar-refractivity contribution in [2.24, 2.45) is 0 Å². The zero-order valence-corrected chi connectivity index (χ0v) is 15.8. The Morgan fingerprint density at radius 1 is 0.957 bits per heavy atom. The van der Waals surface area contributed by atoms with E-state index < -0.39 is 0 Å². The first-order valence-corrected chi connectivity index (χ1v) is 6.86. The van der Waals surface area contributed by atoms with Crippen molar-refractivity contribution in [3.63, 3.8) is 0 Å². The maximum Gasteiger partial charge on any atom is 0.0490 e. The normalized spacial score (nSPS) is 8.61. The Balaban J connectivity index is -0.000000134. The molecule has 0 bridgehead atoms. The zero-order chi connectivity index (χ0) is 14.1. The number of nitrogens with zero attached hydrogens (tertiary/aromatic N) is 1. The largest absolute Gasteiger partial charge is 0.309 e. The van der Waals surface area contributed by atoms with Gasteiger partial charge in [-0.2, -0.15) is 5.10 Å². The van der Waals surface area contributed by atoms with Crippen LogP contribution in [0.2, 0.25) is 0 Å². The first kappa shape index (κ1) is 30.4. The summed E-state index contributed by atoms with van der Waals surface area (Å²) in [5.41, 5.74) is 2.55. The molecule has 4 heteroatoms. The number of H-pyrrole nitrogens is 1. The molecule has 0 saturated carbocycles. The van der Waals surface area contributed by atoms with Gasteiger partial charge in [-0.1, -0.05) is 80.3 Å². The summed E-state index contributed by atoms with van der Waals surface area (Å²) < 4.78 is 0. The van der Waals surface area contributed by atoms with Crippen molar-refractivity contribution in [3.05, 3.63) is 53.9 Å². The van der Waals surface area contributed by atoms with Gasteiger partial charge in [0.25, 0.3) is 0 Å². The standard InChI is InChI=1S/C9H12.C7H13N3.3CH4.Y/c1-8(2)9-6-4-3-5-7-9;1-6(2)8-5-7-3-4-9-10-7;;;;/h3-8H,1-2H3;3-4,6,8H,5H2,1-2H3,(H,9,10);3*1H4;. The third kappa shape index (κ3) is 14.8. The molecule has 1 radical (unpaired) electrons. The molecule has 0 aliphatic rings. The molecule has 0 saturated heterocycles. The van der Waals surface area contributed by atoms with Crippen molar-refractivity contribution >= 4 is 0 Å². The van der Waals surface area contributed by atoms with Gasteiger partial charge in [-0.05, 0) is 17.5 Å². The third-order valence-electron chi connectivity index (χ3n) is 2.73. The maximum absolute atomic E-state index is 3.84. The second kappa shape index (κ2) is 17.8. The summed E-state index contributed by atoms with van der Waals surface area (Å²) >= 11 is 0. The molecule has 2 aromatic rings. The topological polar surface area (TPSA) is 40.7 Å². The first-order chi connectivity index (χ1) is 9.09. The molecule has 0 spiro atoms. The second-order valence-corrected chi connectivity index (χ2v) is 5.18. The van der Waals surface area contributed by atoms with Gasteiger partial charge in [-0.25, -0.2) is 0 Å². The molecule has 0 atom stereocenters. The third-order valence-corrected chi connectivity index (χ3v) is 2.73. The van der Waals surface area contributed by atoms with Gasteiger partial charge in [0.1, 0.15) is 0 Å². The number of nitrogens with one attached hydrogen (secondary N) is 2. The predicted octanol–water partition coefficient (Wildman–Crippen LogP) is 5.62. The van der Waals surface area contributed by atoms with Crippen LogP contribution in [0.3, 0.4) is 0 Å². The molecule has 23 heavy (non-hydrogen) atoms. The van der Waals surface area contributed by atoms with Crippen LogP contribution >= 0.6 is 0 Å². The average molecular weight is 396 g/mol. The van der Waals surface area contributed by atoms with E-state index in [0.717, 1.165) is 12.2 Å². The molecule has 3 nitrogen and oxygen atoms in total. The number of hydrogen-bond donors (Lipinski definition) is 2. The van der Waals surface area contributed by atoms with Gasteiger partial charge in [0, 0.05) is 57.2 Å². The van der Waals surface area contributed by atoms with Gasteiger partial charge >= 0.3 is 0 Å². The van der Waals surface area contributed by atoms with Crippen LogP contribution < -0.4 is 5.32 Å². The minimum Gasteiger partial charge on any atom is -0.309 e. The quantitative estimate of drug-likeness (QED) is 0.704. The van der Waals surface area contributed by atoms with E-state index in [1.165, 1.54) is 5.56 Å². The SMILES string of the molecule is C.C.C.CC(C)NCc1ccn[nH]1.CC(C)c1ccccc1.[Y]. The number of aromatic amines is 1. The summed E-state index contributed by atoms with van der Waals surface area (Å²) in [7, 11) is 0. The molecule has 0 fully saturated rings. The van der Waals surface area contributed by atoms with Gasteiger partial charge in [0.2, 0.25) is 0 Å². The van der Waals surface area contributed by atoms with Crippen molar-refractivity contribution in [1.29, 1.82) is 0 Å². The summed E-state index contributed by atoms with van der Waals surface area (Å²) in [4.78, 5) is 0.